The molecule has 2 aromatic rings. The van der Waals surface area contributed by atoms with Crippen molar-refractivity contribution in [3.63, 3.8) is 0 Å². The van der Waals surface area contributed by atoms with E-state index in [1.54, 1.807) is 61.7 Å². The number of rotatable bonds is 5. The number of hydrogen-bond acceptors (Lipinski definition) is 6. The molecule has 2 atom stereocenters. The molecule has 1 amide bonds. The van der Waals surface area contributed by atoms with Crippen LogP contribution in [-0.4, -0.2) is 31.9 Å². The van der Waals surface area contributed by atoms with E-state index < -0.39 is 29.7 Å². The van der Waals surface area contributed by atoms with Gasteiger partial charge in [0, 0.05) is 11.8 Å². The molecule has 0 bridgehead atoms. The van der Waals surface area contributed by atoms with E-state index in [0.29, 0.717) is 17.0 Å². The molecule has 0 saturated carbocycles. The Hall–Kier alpha value is -3.61. The third-order valence-corrected chi connectivity index (χ3v) is 4.29. The number of amides is 1. The minimum absolute atomic E-state index is 0.227. The van der Waals surface area contributed by atoms with Gasteiger partial charge in [-0.05, 0) is 29.8 Å². The Morgan fingerprint density at radius 1 is 1.00 bits per heavy atom. The van der Waals surface area contributed by atoms with Crippen LogP contribution in [0.3, 0.4) is 0 Å². The number of allylic oxidation sites excluding steroid dienone is 1. The van der Waals surface area contributed by atoms with Gasteiger partial charge in [0.1, 0.15) is 17.8 Å². The third-order valence-electron chi connectivity index (χ3n) is 4.29. The summed E-state index contributed by atoms with van der Waals surface area (Å²) in [6.45, 7) is 0. The molecule has 0 fully saturated rings. The minimum Gasteiger partial charge on any atom is -0.497 e. The van der Waals surface area contributed by atoms with Crippen molar-refractivity contribution in [2.75, 3.05) is 19.5 Å². The zero-order valence-corrected chi connectivity index (χ0v) is 15.4. The monoisotopic (exact) mass is 381 g/mol. The zero-order chi connectivity index (χ0) is 20.1. The highest BCUT2D eigenvalue weighted by molar-refractivity contribution is 6.14. The molecule has 0 saturated heterocycles. The maximum Gasteiger partial charge on any atom is 0.373 e. The average molecular weight is 381 g/mol. The van der Waals surface area contributed by atoms with Gasteiger partial charge in [0.15, 0.2) is 5.78 Å². The minimum atomic E-state index is -1.15. The highest BCUT2D eigenvalue weighted by Gasteiger charge is 2.41. The first-order chi connectivity index (χ1) is 13.5. The first-order valence-electron chi connectivity index (χ1n) is 8.54. The SMILES string of the molecule is COC(=O)C1=CC(=O)C(C(=O)Nc2ccc(OC)cc2)C(c2ccccc2)O1. The average Bonchev–Trinajstić information content (AvgIpc) is 2.73. The van der Waals surface area contributed by atoms with Gasteiger partial charge in [-0.25, -0.2) is 4.79 Å². The van der Waals surface area contributed by atoms with Crippen LogP contribution < -0.4 is 10.1 Å². The number of methoxy groups -OCH3 is 2. The normalized spacial score (nSPS) is 18.5. The van der Waals surface area contributed by atoms with Crippen LogP contribution >= 0.6 is 0 Å². The first kappa shape index (κ1) is 19.2. The number of anilines is 1. The first-order valence-corrected chi connectivity index (χ1v) is 8.54. The van der Waals surface area contributed by atoms with Gasteiger partial charge < -0.3 is 19.5 Å². The fraction of sp³-hybridized carbons (Fsp3) is 0.190. The molecule has 1 heterocycles. The highest BCUT2D eigenvalue weighted by Crippen LogP contribution is 2.34. The van der Waals surface area contributed by atoms with Crippen molar-refractivity contribution in [2.45, 2.75) is 6.10 Å². The molecule has 7 nitrogen and oxygen atoms in total. The maximum absolute atomic E-state index is 12.9. The Labute approximate surface area is 161 Å². The molecule has 3 rings (SSSR count). The molecule has 0 aliphatic carbocycles. The van der Waals surface area contributed by atoms with Gasteiger partial charge >= 0.3 is 5.97 Å². The fourth-order valence-electron chi connectivity index (χ4n) is 2.88. The largest absolute Gasteiger partial charge is 0.497 e. The summed E-state index contributed by atoms with van der Waals surface area (Å²) in [5, 5.41) is 2.71. The van der Waals surface area contributed by atoms with E-state index in [-0.39, 0.29) is 5.76 Å². The highest BCUT2D eigenvalue weighted by atomic mass is 16.6. The second-order valence-electron chi connectivity index (χ2n) is 6.05. The lowest BCUT2D eigenvalue weighted by atomic mass is 9.88. The topological polar surface area (TPSA) is 90.9 Å². The molecule has 0 spiro atoms. The second-order valence-corrected chi connectivity index (χ2v) is 6.05. The lowest BCUT2D eigenvalue weighted by molar-refractivity contribution is -0.148. The van der Waals surface area contributed by atoms with Gasteiger partial charge in [0.25, 0.3) is 0 Å². The fourth-order valence-corrected chi connectivity index (χ4v) is 2.88. The van der Waals surface area contributed by atoms with Crippen molar-refractivity contribution in [1.29, 1.82) is 0 Å². The molecule has 144 valence electrons. The molecule has 0 aromatic heterocycles. The van der Waals surface area contributed by atoms with Gasteiger partial charge in [-0.1, -0.05) is 30.3 Å². The van der Waals surface area contributed by atoms with Crippen LogP contribution in [0.1, 0.15) is 11.7 Å². The van der Waals surface area contributed by atoms with Crippen molar-refractivity contribution < 1.29 is 28.6 Å². The van der Waals surface area contributed by atoms with E-state index in [1.165, 1.54) is 7.11 Å². The third kappa shape index (κ3) is 4.03. The molecular weight excluding hydrogens is 362 g/mol. The van der Waals surface area contributed by atoms with E-state index in [9.17, 15) is 14.4 Å². The molecule has 7 heteroatoms. The van der Waals surface area contributed by atoms with Crippen LogP contribution in [0.4, 0.5) is 5.69 Å². The zero-order valence-electron chi connectivity index (χ0n) is 15.4. The summed E-state index contributed by atoms with van der Waals surface area (Å²) in [6.07, 6.45) is 0.0508. The Kier molecular flexibility index (Phi) is 5.74. The summed E-state index contributed by atoms with van der Waals surface area (Å²) in [5.41, 5.74) is 1.10. The van der Waals surface area contributed by atoms with Crippen molar-refractivity contribution >= 4 is 23.3 Å². The van der Waals surface area contributed by atoms with Crippen LogP contribution in [0.2, 0.25) is 0 Å². The summed E-state index contributed by atoms with van der Waals surface area (Å²) < 4.78 is 15.4. The van der Waals surface area contributed by atoms with E-state index >= 15 is 0 Å². The van der Waals surface area contributed by atoms with E-state index in [0.717, 1.165) is 6.08 Å². The molecule has 0 radical (unpaired) electrons. The number of carbonyl (C=O) groups excluding carboxylic acids is 3. The van der Waals surface area contributed by atoms with Gasteiger partial charge in [-0.2, -0.15) is 0 Å². The predicted octanol–water partition coefficient (Wildman–Crippen LogP) is 2.65. The van der Waals surface area contributed by atoms with E-state index in [4.69, 9.17) is 9.47 Å². The Bertz CT molecular complexity index is 904. The van der Waals surface area contributed by atoms with Crippen LogP contribution in [0.5, 0.6) is 5.75 Å². The van der Waals surface area contributed by atoms with E-state index in [1.807, 2.05) is 0 Å². The van der Waals surface area contributed by atoms with Crippen molar-refractivity contribution in [1.82, 2.24) is 0 Å². The summed E-state index contributed by atoms with van der Waals surface area (Å²) >= 11 is 0. The lowest BCUT2D eigenvalue weighted by Gasteiger charge is -2.29. The summed E-state index contributed by atoms with van der Waals surface area (Å²) in [7, 11) is 2.73. The number of hydrogen-bond donors (Lipinski definition) is 1. The standard InChI is InChI=1S/C21H19NO6/c1-26-15-10-8-14(9-11-15)22-20(24)18-16(23)12-17(21(25)27-2)28-19(18)13-6-4-3-5-7-13/h3-12,18-19H,1-2H3,(H,22,24). The Morgan fingerprint density at radius 2 is 1.68 bits per heavy atom. The van der Waals surface area contributed by atoms with Crippen LogP contribution in [0, 0.1) is 5.92 Å². The van der Waals surface area contributed by atoms with E-state index in [2.05, 4.69) is 10.1 Å². The molecular formula is C21H19NO6. The van der Waals surface area contributed by atoms with Crippen molar-refractivity contribution in [3.05, 3.63) is 72.0 Å². The molecule has 2 aromatic carbocycles. The van der Waals surface area contributed by atoms with Crippen LogP contribution in [0.25, 0.3) is 0 Å². The summed E-state index contributed by atoms with van der Waals surface area (Å²) in [4.78, 5) is 37.4. The number of nitrogens with one attached hydrogen (secondary N) is 1. The van der Waals surface area contributed by atoms with Crippen molar-refractivity contribution in [2.24, 2.45) is 5.92 Å². The molecule has 1 N–H and O–H groups in total. The number of ether oxygens (including phenoxy) is 3. The number of carbonyl (C=O) groups is 3. The Balaban J connectivity index is 1.90. The molecule has 28 heavy (non-hydrogen) atoms. The molecule has 1 aliphatic heterocycles. The van der Waals surface area contributed by atoms with Crippen molar-refractivity contribution in [3.8, 4) is 5.75 Å². The molecule has 1 aliphatic rings. The molecule has 2 unspecified atom stereocenters. The lowest BCUT2D eigenvalue weighted by Crippen LogP contribution is -2.38. The van der Waals surface area contributed by atoms with Gasteiger partial charge in [0.2, 0.25) is 11.7 Å². The Morgan fingerprint density at radius 3 is 2.29 bits per heavy atom. The predicted molar refractivity (Wildman–Crippen MR) is 100 cm³/mol. The summed E-state index contributed by atoms with van der Waals surface area (Å²) in [6, 6.07) is 15.5. The van der Waals surface area contributed by atoms with Crippen LogP contribution in [-0.2, 0) is 23.9 Å². The number of ketones is 1. The summed E-state index contributed by atoms with van der Waals surface area (Å²) in [5.74, 6) is -2.59. The van der Waals surface area contributed by atoms with Crippen LogP contribution in [0.15, 0.2) is 66.4 Å². The quantitative estimate of drug-likeness (QED) is 0.632. The second kappa shape index (κ2) is 8.39. The van der Waals surface area contributed by atoms with Gasteiger partial charge in [-0.15, -0.1) is 0 Å². The van der Waals surface area contributed by atoms with Gasteiger partial charge in [0.05, 0.1) is 14.2 Å². The maximum atomic E-state index is 12.9. The number of benzene rings is 2. The smallest absolute Gasteiger partial charge is 0.373 e. The van der Waals surface area contributed by atoms with Gasteiger partial charge in [-0.3, -0.25) is 9.59 Å². The number of esters is 1.